The van der Waals surface area contributed by atoms with Crippen molar-refractivity contribution in [2.75, 3.05) is 0 Å². The van der Waals surface area contributed by atoms with Crippen LogP contribution < -0.4 is 0 Å². The van der Waals surface area contributed by atoms with E-state index in [0.29, 0.717) is 11.3 Å². The van der Waals surface area contributed by atoms with Crippen molar-refractivity contribution < 1.29 is 5.11 Å². The molecule has 18 heavy (non-hydrogen) atoms. The molecule has 1 saturated carbocycles. The van der Waals surface area contributed by atoms with E-state index in [4.69, 9.17) is 0 Å². The Morgan fingerprint density at radius 3 is 2.44 bits per heavy atom. The van der Waals surface area contributed by atoms with E-state index in [0.717, 1.165) is 0 Å². The van der Waals surface area contributed by atoms with Crippen molar-refractivity contribution in [3.8, 4) is 0 Å². The van der Waals surface area contributed by atoms with Crippen LogP contribution in [0.15, 0.2) is 23.8 Å². The van der Waals surface area contributed by atoms with Gasteiger partial charge < -0.3 is 5.11 Å². The lowest BCUT2D eigenvalue weighted by atomic mass is 9.56. The Bertz CT molecular complexity index is 355. The summed E-state index contributed by atoms with van der Waals surface area (Å²) in [5, 5.41) is 10.3. The van der Waals surface area contributed by atoms with Crippen molar-refractivity contribution in [1.82, 2.24) is 0 Å². The van der Waals surface area contributed by atoms with E-state index < -0.39 is 0 Å². The van der Waals surface area contributed by atoms with Gasteiger partial charge in [0.15, 0.2) is 0 Å². The number of hydrogen-bond acceptors (Lipinski definition) is 1. The Kier molecular flexibility index (Phi) is 3.61. The Hall–Kier alpha value is -0.560. The molecule has 1 N–H and O–H groups in total. The minimum absolute atomic E-state index is 0.207. The maximum Gasteiger partial charge on any atom is 0.0794 e. The van der Waals surface area contributed by atoms with Gasteiger partial charge in [0, 0.05) is 11.3 Å². The Morgan fingerprint density at radius 1 is 1.00 bits per heavy atom. The predicted molar refractivity (Wildman–Crippen MR) is 75.3 cm³/mol. The van der Waals surface area contributed by atoms with Gasteiger partial charge in [-0.15, -0.1) is 0 Å². The average molecular weight is 246 g/mol. The van der Waals surface area contributed by atoms with Gasteiger partial charge in [-0.1, -0.05) is 62.3 Å². The molecule has 0 aromatic carbocycles. The highest BCUT2D eigenvalue weighted by atomic mass is 16.3. The molecule has 0 radical (unpaired) electrons. The number of aliphatic hydroxyl groups excluding tert-OH is 1. The zero-order valence-corrected chi connectivity index (χ0v) is 11.4. The maximum absolute atomic E-state index is 10.3. The smallest absolute Gasteiger partial charge is 0.0794 e. The van der Waals surface area contributed by atoms with Crippen LogP contribution in [-0.4, -0.2) is 11.2 Å². The topological polar surface area (TPSA) is 20.2 Å². The largest absolute Gasteiger partial charge is 0.388 e. The Morgan fingerprint density at radius 2 is 1.72 bits per heavy atom. The molecule has 1 nitrogen and oxygen atoms in total. The van der Waals surface area contributed by atoms with Crippen LogP contribution in [0.3, 0.4) is 0 Å². The fourth-order valence-electron chi connectivity index (χ4n) is 4.14. The molecule has 1 unspecified atom stereocenters. The van der Waals surface area contributed by atoms with Crippen LogP contribution in [0.1, 0.15) is 64.2 Å². The lowest BCUT2D eigenvalue weighted by molar-refractivity contribution is 0.0614. The lowest BCUT2D eigenvalue weighted by Crippen LogP contribution is -2.44. The summed E-state index contributed by atoms with van der Waals surface area (Å²) in [6.45, 7) is 0. The summed E-state index contributed by atoms with van der Waals surface area (Å²) >= 11 is 0. The summed E-state index contributed by atoms with van der Waals surface area (Å²) in [5.41, 5.74) is 1.87. The molecule has 3 aliphatic rings. The molecule has 100 valence electrons. The fourth-order valence-corrected chi connectivity index (χ4v) is 4.14. The molecule has 0 saturated heterocycles. The van der Waals surface area contributed by atoms with Crippen LogP contribution in [0, 0.1) is 11.3 Å². The second-order valence-corrected chi connectivity index (χ2v) is 6.59. The first-order chi connectivity index (χ1) is 8.80. The van der Waals surface area contributed by atoms with E-state index in [1.54, 1.807) is 0 Å². The van der Waals surface area contributed by atoms with Gasteiger partial charge in [-0.05, 0) is 25.7 Å². The highest BCUT2D eigenvalue weighted by molar-refractivity contribution is 5.31. The third-order valence-corrected chi connectivity index (χ3v) is 5.27. The number of rotatable bonds is 0. The van der Waals surface area contributed by atoms with E-state index in [9.17, 15) is 5.11 Å². The number of hydrogen-bond donors (Lipinski definition) is 1. The van der Waals surface area contributed by atoms with Gasteiger partial charge >= 0.3 is 0 Å². The van der Waals surface area contributed by atoms with E-state index >= 15 is 0 Å². The van der Waals surface area contributed by atoms with E-state index in [-0.39, 0.29) is 6.10 Å². The van der Waals surface area contributed by atoms with E-state index in [1.165, 1.54) is 69.8 Å². The third kappa shape index (κ3) is 2.30. The monoisotopic (exact) mass is 246 g/mol. The van der Waals surface area contributed by atoms with Gasteiger partial charge in [0.25, 0.3) is 0 Å². The highest BCUT2D eigenvalue weighted by Crippen LogP contribution is 2.53. The van der Waals surface area contributed by atoms with E-state index in [1.807, 2.05) is 0 Å². The molecule has 1 heteroatoms. The van der Waals surface area contributed by atoms with Crippen LogP contribution >= 0.6 is 0 Å². The second kappa shape index (κ2) is 5.21. The molecule has 1 spiro atoms. The quantitative estimate of drug-likeness (QED) is 0.629. The SMILES string of the molecule is OC1C=C2CCCCCCCCC[C@@]3(C=C[C@@H]13)C2. The van der Waals surface area contributed by atoms with Crippen LogP contribution in [0.25, 0.3) is 0 Å². The maximum atomic E-state index is 10.3. The van der Waals surface area contributed by atoms with Crippen molar-refractivity contribution in [2.24, 2.45) is 11.3 Å². The van der Waals surface area contributed by atoms with Crippen LogP contribution in [-0.2, 0) is 0 Å². The highest BCUT2D eigenvalue weighted by Gasteiger charge is 2.46. The molecular weight excluding hydrogens is 220 g/mol. The van der Waals surface area contributed by atoms with Gasteiger partial charge in [-0.25, -0.2) is 0 Å². The van der Waals surface area contributed by atoms with Crippen molar-refractivity contribution >= 4 is 0 Å². The lowest BCUT2D eigenvalue weighted by Gasteiger charge is -2.49. The summed E-state index contributed by atoms with van der Waals surface area (Å²) in [5.74, 6) is 0.421. The van der Waals surface area contributed by atoms with Gasteiger partial charge in [0.05, 0.1) is 6.10 Å². The van der Waals surface area contributed by atoms with E-state index in [2.05, 4.69) is 18.2 Å². The summed E-state index contributed by atoms with van der Waals surface area (Å²) in [7, 11) is 0. The number of allylic oxidation sites excluding steroid dienone is 2. The van der Waals surface area contributed by atoms with Gasteiger partial charge in [0.2, 0.25) is 0 Å². The zero-order valence-electron chi connectivity index (χ0n) is 11.4. The van der Waals surface area contributed by atoms with Crippen LogP contribution in [0.2, 0.25) is 0 Å². The summed E-state index contributed by atoms with van der Waals surface area (Å²) in [4.78, 5) is 0. The predicted octanol–water partition coefficient (Wildman–Crippen LogP) is 4.37. The summed E-state index contributed by atoms with van der Waals surface area (Å²) in [6.07, 6.45) is 20.0. The van der Waals surface area contributed by atoms with Crippen molar-refractivity contribution in [3.05, 3.63) is 23.8 Å². The average Bonchev–Trinajstić information content (AvgIpc) is 2.29. The first-order valence-corrected chi connectivity index (χ1v) is 7.87. The van der Waals surface area contributed by atoms with Crippen LogP contribution in [0.5, 0.6) is 0 Å². The van der Waals surface area contributed by atoms with Gasteiger partial charge in [-0.3, -0.25) is 0 Å². The molecule has 0 amide bonds. The summed E-state index contributed by atoms with van der Waals surface area (Å²) in [6, 6.07) is 0. The zero-order chi connectivity index (χ0) is 12.4. The standard InChI is InChI=1S/C17H26O/c18-16-12-14-8-6-4-2-1-3-5-7-10-17(13-14)11-9-15(16)17/h9,11-12,15-16,18H,1-8,10,13H2/t15-,16?,17+/m0/s1. The Balaban J connectivity index is 1.74. The summed E-state index contributed by atoms with van der Waals surface area (Å²) < 4.78 is 0. The van der Waals surface area contributed by atoms with Crippen LogP contribution in [0.4, 0.5) is 0 Å². The molecule has 0 heterocycles. The molecule has 2 bridgehead atoms. The Labute approximate surface area is 111 Å². The fraction of sp³-hybridized carbons (Fsp3) is 0.765. The first-order valence-electron chi connectivity index (χ1n) is 7.87. The molecule has 3 atom stereocenters. The second-order valence-electron chi connectivity index (χ2n) is 6.59. The molecule has 0 aromatic rings. The number of aliphatic hydroxyl groups is 1. The molecule has 0 aliphatic heterocycles. The molecular formula is C17H26O. The normalized spacial score (nSPS) is 40.8. The van der Waals surface area contributed by atoms with Crippen molar-refractivity contribution in [3.63, 3.8) is 0 Å². The molecule has 3 rings (SSSR count). The molecule has 3 aliphatic carbocycles. The molecule has 0 aromatic heterocycles. The van der Waals surface area contributed by atoms with Crippen molar-refractivity contribution in [2.45, 2.75) is 70.3 Å². The molecule has 1 fully saturated rings. The first kappa shape index (κ1) is 12.5. The number of fused-ring (bicyclic) bond motifs is 1. The third-order valence-electron chi connectivity index (χ3n) is 5.27. The minimum Gasteiger partial charge on any atom is -0.388 e. The van der Waals surface area contributed by atoms with Gasteiger partial charge in [0.1, 0.15) is 0 Å². The van der Waals surface area contributed by atoms with Crippen molar-refractivity contribution in [1.29, 1.82) is 0 Å². The van der Waals surface area contributed by atoms with Gasteiger partial charge in [-0.2, -0.15) is 0 Å². The minimum atomic E-state index is -0.207.